The van der Waals surface area contributed by atoms with Gasteiger partial charge in [0.25, 0.3) is 0 Å². The first kappa shape index (κ1) is 15.9. The Kier molecular flexibility index (Phi) is 6.08. The molecule has 2 aromatic rings. The molecule has 1 amide bonds. The zero-order chi connectivity index (χ0) is 15.1. The summed E-state index contributed by atoms with van der Waals surface area (Å²) in [6, 6.07) is 5.33. The number of aromatic amines is 1. The van der Waals surface area contributed by atoms with Gasteiger partial charge in [-0.1, -0.05) is 29.3 Å². The molecule has 0 saturated heterocycles. The summed E-state index contributed by atoms with van der Waals surface area (Å²) >= 11 is 11.9. The van der Waals surface area contributed by atoms with E-state index in [9.17, 15) is 4.79 Å². The summed E-state index contributed by atoms with van der Waals surface area (Å²) < 4.78 is 0. The Hall–Kier alpha value is -1.52. The summed E-state index contributed by atoms with van der Waals surface area (Å²) in [4.78, 5) is 18.9. The van der Waals surface area contributed by atoms with Crippen molar-refractivity contribution in [3.8, 4) is 0 Å². The number of hydrogen-bond acceptors (Lipinski definition) is 2. The van der Waals surface area contributed by atoms with Gasteiger partial charge in [-0.25, -0.2) is 4.98 Å². The van der Waals surface area contributed by atoms with Crippen LogP contribution in [0.3, 0.4) is 0 Å². The number of hydrogen-bond donors (Lipinski definition) is 2. The molecule has 0 aliphatic rings. The Bertz CT molecular complexity index is 585. The smallest absolute Gasteiger partial charge is 0.220 e. The number of amides is 1. The number of nitrogens with one attached hydrogen (secondary N) is 2. The van der Waals surface area contributed by atoms with Crippen molar-refractivity contribution >= 4 is 29.1 Å². The van der Waals surface area contributed by atoms with Crippen LogP contribution in [0.25, 0.3) is 0 Å². The molecule has 0 unspecified atom stereocenters. The summed E-state index contributed by atoms with van der Waals surface area (Å²) in [5.41, 5.74) is 0.937. The van der Waals surface area contributed by atoms with E-state index in [0.717, 1.165) is 24.2 Å². The Morgan fingerprint density at radius 2 is 2.14 bits per heavy atom. The molecule has 1 aromatic heterocycles. The molecule has 2 rings (SSSR count). The summed E-state index contributed by atoms with van der Waals surface area (Å²) in [5, 5.41) is 4.10. The van der Waals surface area contributed by atoms with Gasteiger partial charge in [-0.15, -0.1) is 0 Å². The first-order chi connectivity index (χ1) is 10.1. The van der Waals surface area contributed by atoms with E-state index < -0.39 is 0 Å². The molecule has 0 saturated carbocycles. The van der Waals surface area contributed by atoms with E-state index in [0.29, 0.717) is 29.4 Å². The van der Waals surface area contributed by atoms with Crippen LogP contribution < -0.4 is 5.32 Å². The topological polar surface area (TPSA) is 57.8 Å². The minimum atomic E-state index is 0.0282. The van der Waals surface area contributed by atoms with Crippen LogP contribution in [0.5, 0.6) is 0 Å². The van der Waals surface area contributed by atoms with Crippen LogP contribution in [-0.4, -0.2) is 22.4 Å². The van der Waals surface area contributed by atoms with Crippen LogP contribution in [0.4, 0.5) is 0 Å². The molecule has 0 aliphatic heterocycles. The summed E-state index contributed by atoms with van der Waals surface area (Å²) in [6.07, 6.45) is 6.24. The Morgan fingerprint density at radius 1 is 1.29 bits per heavy atom. The first-order valence-corrected chi connectivity index (χ1v) is 7.59. The fourth-order valence-corrected chi connectivity index (χ4v) is 2.48. The molecule has 0 spiro atoms. The van der Waals surface area contributed by atoms with Gasteiger partial charge in [0.1, 0.15) is 5.82 Å². The maximum atomic E-state index is 11.8. The number of nitrogens with zero attached hydrogens (tertiary/aromatic N) is 1. The molecule has 1 aromatic carbocycles. The SMILES string of the molecule is O=C(CCc1ccc(Cl)cc1Cl)NCCCc1ncc[nH]1. The van der Waals surface area contributed by atoms with Gasteiger partial charge >= 0.3 is 0 Å². The average molecular weight is 326 g/mol. The molecular weight excluding hydrogens is 309 g/mol. The van der Waals surface area contributed by atoms with Crippen LogP contribution in [0.15, 0.2) is 30.6 Å². The predicted molar refractivity (Wildman–Crippen MR) is 84.7 cm³/mol. The van der Waals surface area contributed by atoms with Gasteiger partial charge in [0.05, 0.1) is 0 Å². The normalized spacial score (nSPS) is 10.6. The van der Waals surface area contributed by atoms with Crippen molar-refractivity contribution < 1.29 is 4.79 Å². The molecule has 0 fully saturated rings. The maximum Gasteiger partial charge on any atom is 0.220 e. The number of imidazole rings is 1. The molecule has 0 atom stereocenters. The van der Waals surface area contributed by atoms with E-state index in [2.05, 4.69) is 15.3 Å². The van der Waals surface area contributed by atoms with Gasteiger partial charge in [0, 0.05) is 41.8 Å². The third-order valence-corrected chi connectivity index (χ3v) is 3.69. The first-order valence-electron chi connectivity index (χ1n) is 6.84. The van der Waals surface area contributed by atoms with Gasteiger partial charge in [0.15, 0.2) is 0 Å². The minimum absolute atomic E-state index is 0.0282. The second-order valence-corrected chi connectivity index (χ2v) is 5.57. The molecule has 6 heteroatoms. The van der Waals surface area contributed by atoms with Crippen LogP contribution >= 0.6 is 23.2 Å². The van der Waals surface area contributed by atoms with Crippen molar-refractivity contribution in [2.24, 2.45) is 0 Å². The molecule has 21 heavy (non-hydrogen) atoms. The van der Waals surface area contributed by atoms with E-state index >= 15 is 0 Å². The highest BCUT2D eigenvalue weighted by Gasteiger charge is 2.05. The monoisotopic (exact) mass is 325 g/mol. The lowest BCUT2D eigenvalue weighted by Gasteiger charge is -2.06. The van der Waals surface area contributed by atoms with E-state index in [1.165, 1.54) is 0 Å². The highest BCUT2D eigenvalue weighted by molar-refractivity contribution is 6.35. The number of carbonyl (C=O) groups excluding carboxylic acids is 1. The fourth-order valence-electron chi connectivity index (χ4n) is 1.98. The maximum absolute atomic E-state index is 11.8. The molecule has 4 nitrogen and oxygen atoms in total. The number of benzene rings is 1. The zero-order valence-electron chi connectivity index (χ0n) is 11.5. The summed E-state index contributed by atoms with van der Waals surface area (Å²) in [6.45, 7) is 0.647. The quantitative estimate of drug-likeness (QED) is 0.766. The number of aromatic nitrogens is 2. The highest BCUT2D eigenvalue weighted by Crippen LogP contribution is 2.21. The predicted octanol–water partition coefficient (Wildman–Crippen LogP) is 3.40. The Morgan fingerprint density at radius 3 is 2.86 bits per heavy atom. The molecule has 2 N–H and O–H groups in total. The van der Waals surface area contributed by atoms with Crippen molar-refractivity contribution in [1.82, 2.24) is 15.3 Å². The second-order valence-electron chi connectivity index (χ2n) is 4.73. The van der Waals surface area contributed by atoms with Crippen molar-refractivity contribution in [2.45, 2.75) is 25.7 Å². The van der Waals surface area contributed by atoms with E-state index in [1.54, 1.807) is 24.5 Å². The van der Waals surface area contributed by atoms with Gasteiger partial charge in [-0.05, 0) is 30.5 Å². The van der Waals surface area contributed by atoms with Gasteiger partial charge in [-0.3, -0.25) is 4.79 Å². The lowest BCUT2D eigenvalue weighted by atomic mass is 10.1. The summed E-state index contributed by atoms with van der Waals surface area (Å²) in [5.74, 6) is 0.970. The standard InChI is InChI=1S/C15H17Cl2N3O/c16-12-5-3-11(13(17)10-12)4-6-15(21)20-7-1-2-14-18-8-9-19-14/h3,5,8-10H,1-2,4,6-7H2,(H,18,19)(H,20,21). The van der Waals surface area contributed by atoms with Crippen molar-refractivity contribution in [1.29, 1.82) is 0 Å². The summed E-state index contributed by atoms with van der Waals surface area (Å²) in [7, 11) is 0. The molecule has 0 radical (unpaired) electrons. The van der Waals surface area contributed by atoms with Crippen LogP contribution in [-0.2, 0) is 17.6 Å². The highest BCUT2D eigenvalue weighted by atomic mass is 35.5. The zero-order valence-corrected chi connectivity index (χ0v) is 13.0. The number of H-pyrrole nitrogens is 1. The van der Waals surface area contributed by atoms with Gasteiger partial charge in [0.2, 0.25) is 5.91 Å². The second kappa shape index (κ2) is 8.05. The van der Waals surface area contributed by atoms with Crippen LogP contribution in [0, 0.1) is 0 Å². The Balaban J connectivity index is 1.65. The van der Waals surface area contributed by atoms with Gasteiger partial charge in [-0.2, -0.15) is 0 Å². The number of rotatable bonds is 7. The number of aryl methyl sites for hydroxylation is 2. The molecule has 112 valence electrons. The van der Waals surface area contributed by atoms with Crippen LogP contribution in [0.1, 0.15) is 24.2 Å². The third-order valence-electron chi connectivity index (χ3n) is 3.10. The van der Waals surface area contributed by atoms with E-state index in [4.69, 9.17) is 23.2 Å². The molecular formula is C15H17Cl2N3O. The lowest BCUT2D eigenvalue weighted by Crippen LogP contribution is -2.25. The van der Waals surface area contributed by atoms with E-state index in [-0.39, 0.29) is 5.91 Å². The number of carbonyl (C=O) groups is 1. The number of halogens is 2. The minimum Gasteiger partial charge on any atom is -0.356 e. The lowest BCUT2D eigenvalue weighted by molar-refractivity contribution is -0.121. The van der Waals surface area contributed by atoms with Crippen molar-refractivity contribution in [2.75, 3.05) is 6.54 Å². The average Bonchev–Trinajstić information content (AvgIpc) is 2.96. The largest absolute Gasteiger partial charge is 0.356 e. The molecule has 0 bridgehead atoms. The van der Waals surface area contributed by atoms with Gasteiger partial charge < -0.3 is 10.3 Å². The van der Waals surface area contributed by atoms with Crippen molar-refractivity contribution in [3.05, 3.63) is 52.0 Å². The third kappa shape index (κ3) is 5.40. The molecule has 0 aliphatic carbocycles. The fraction of sp³-hybridized carbons (Fsp3) is 0.333. The van der Waals surface area contributed by atoms with Crippen LogP contribution in [0.2, 0.25) is 10.0 Å². The van der Waals surface area contributed by atoms with Crippen molar-refractivity contribution in [3.63, 3.8) is 0 Å². The Labute approximate surface area is 133 Å². The van der Waals surface area contributed by atoms with E-state index in [1.807, 2.05) is 6.07 Å². The molecule has 1 heterocycles.